The number of H-pyrrole nitrogens is 1. The molecule has 0 atom stereocenters. The molecule has 1 aliphatic rings. The Morgan fingerprint density at radius 1 is 1.17 bits per heavy atom. The Morgan fingerprint density at radius 2 is 1.93 bits per heavy atom. The Hall–Kier alpha value is -2.81. The summed E-state index contributed by atoms with van der Waals surface area (Å²) in [5.41, 5.74) is -0.294. The number of amides is 1. The molecule has 2 aromatic heterocycles. The van der Waals surface area contributed by atoms with E-state index in [1.165, 1.54) is 18.2 Å². The highest BCUT2D eigenvalue weighted by Crippen LogP contribution is 2.32. The molecule has 1 aromatic carbocycles. The van der Waals surface area contributed by atoms with Crippen LogP contribution in [0.5, 0.6) is 0 Å². The Kier molecular flexibility index (Phi) is 5.31. The molecule has 0 radical (unpaired) electrons. The van der Waals surface area contributed by atoms with E-state index in [1.54, 1.807) is 11.3 Å². The second-order valence-electron chi connectivity index (χ2n) is 6.90. The van der Waals surface area contributed by atoms with Gasteiger partial charge in [0.1, 0.15) is 0 Å². The molecule has 5 nitrogen and oxygen atoms in total. The second kappa shape index (κ2) is 7.90. The summed E-state index contributed by atoms with van der Waals surface area (Å²) in [6.45, 7) is 1.33. The molecule has 0 aliphatic carbocycles. The van der Waals surface area contributed by atoms with E-state index in [4.69, 9.17) is 0 Å². The zero-order valence-electron chi connectivity index (χ0n) is 15.4. The predicted octanol–water partition coefficient (Wildman–Crippen LogP) is 4.56. The summed E-state index contributed by atoms with van der Waals surface area (Å²) in [5.74, 6) is 0.150. The summed E-state index contributed by atoms with van der Waals surface area (Å²) in [4.78, 5) is 15.6. The number of anilines is 1. The topological polar surface area (TPSA) is 61.0 Å². The molecule has 1 aliphatic heterocycles. The first-order valence-corrected chi connectivity index (χ1v) is 10.1. The maximum atomic E-state index is 13.1. The molecule has 3 aromatic rings. The van der Waals surface area contributed by atoms with Crippen LogP contribution in [-0.4, -0.2) is 35.2 Å². The highest BCUT2D eigenvalue weighted by molar-refractivity contribution is 7.13. The van der Waals surface area contributed by atoms with Crippen LogP contribution in [0, 0.1) is 0 Å². The normalized spacial score (nSPS) is 15.5. The number of halogens is 3. The summed E-state index contributed by atoms with van der Waals surface area (Å²) in [5, 5.41) is 12.2. The van der Waals surface area contributed by atoms with Gasteiger partial charge < -0.3 is 10.2 Å². The number of alkyl halides is 3. The van der Waals surface area contributed by atoms with Crippen molar-refractivity contribution < 1.29 is 18.0 Å². The first-order valence-electron chi connectivity index (χ1n) is 9.23. The maximum absolute atomic E-state index is 13.1. The number of carbonyl (C=O) groups excluding carboxylic acids is 1. The number of aromatic nitrogens is 2. The number of benzene rings is 1. The van der Waals surface area contributed by atoms with Gasteiger partial charge in [-0.05, 0) is 36.4 Å². The minimum absolute atomic E-state index is 0.171. The first kappa shape index (κ1) is 19.5. The van der Waals surface area contributed by atoms with Crippen LogP contribution >= 0.6 is 11.3 Å². The molecular formula is C20H19F3N4OS. The van der Waals surface area contributed by atoms with Gasteiger partial charge in [-0.1, -0.05) is 18.2 Å². The van der Waals surface area contributed by atoms with Gasteiger partial charge in [-0.2, -0.15) is 18.3 Å². The van der Waals surface area contributed by atoms with Crippen molar-refractivity contribution >= 4 is 23.1 Å². The number of thiophene rings is 1. The van der Waals surface area contributed by atoms with E-state index in [0.717, 1.165) is 22.5 Å². The van der Waals surface area contributed by atoms with Crippen molar-refractivity contribution in [1.29, 1.82) is 0 Å². The standard InChI is InChI=1S/C20H19F3N4OS/c21-20(22,23)15-5-2-1-4-14(15)19(28)24-13-7-9-27(10-8-13)18-12-16(25-26-18)17-6-3-11-29-17/h1-6,11-13H,7-10H2,(H,24,28)(H,25,26). The quantitative estimate of drug-likeness (QED) is 0.651. The Balaban J connectivity index is 1.37. The Morgan fingerprint density at radius 3 is 2.62 bits per heavy atom. The van der Waals surface area contributed by atoms with Gasteiger partial charge in [-0.25, -0.2) is 0 Å². The van der Waals surface area contributed by atoms with Crippen molar-refractivity contribution in [3.63, 3.8) is 0 Å². The smallest absolute Gasteiger partial charge is 0.355 e. The Labute approximate surface area is 169 Å². The summed E-state index contributed by atoms with van der Waals surface area (Å²) in [6, 6.07) is 10.7. The Bertz CT molecular complexity index is 976. The number of hydrogen-bond donors (Lipinski definition) is 2. The highest BCUT2D eigenvalue weighted by atomic mass is 32.1. The van der Waals surface area contributed by atoms with E-state index in [1.807, 2.05) is 23.6 Å². The summed E-state index contributed by atoms with van der Waals surface area (Å²) < 4.78 is 39.4. The SMILES string of the molecule is O=C(NC1CCN(c2cc(-c3cccs3)[nH]n2)CC1)c1ccccc1C(F)(F)F. The van der Waals surface area contributed by atoms with Gasteiger partial charge >= 0.3 is 6.18 Å². The molecular weight excluding hydrogens is 401 g/mol. The average molecular weight is 420 g/mol. The van der Waals surface area contributed by atoms with E-state index >= 15 is 0 Å². The third kappa shape index (κ3) is 4.29. The van der Waals surface area contributed by atoms with Crippen LogP contribution in [0.3, 0.4) is 0 Å². The number of nitrogens with one attached hydrogen (secondary N) is 2. The number of piperidine rings is 1. The number of carbonyl (C=O) groups is 1. The molecule has 29 heavy (non-hydrogen) atoms. The third-order valence-electron chi connectivity index (χ3n) is 4.98. The molecule has 9 heteroatoms. The number of nitrogens with zero attached hydrogens (tertiary/aromatic N) is 2. The van der Waals surface area contributed by atoms with E-state index in [9.17, 15) is 18.0 Å². The second-order valence-corrected chi connectivity index (χ2v) is 7.84. The lowest BCUT2D eigenvalue weighted by molar-refractivity contribution is -0.137. The van der Waals surface area contributed by atoms with Gasteiger partial charge in [0.2, 0.25) is 0 Å². The van der Waals surface area contributed by atoms with Crippen LogP contribution in [0.2, 0.25) is 0 Å². The van der Waals surface area contributed by atoms with E-state index in [2.05, 4.69) is 20.4 Å². The summed E-state index contributed by atoms with van der Waals surface area (Å²) in [6.07, 6.45) is -3.28. The van der Waals surface area contributed by atoms with Crippen LogP contribution in [0.15, 0.2) is 47.8 Å². The van der Waals surface area contributed by atoms with Gasteiger partial charge in [-0.15, -0.1) is 11.3 Å². The molecule has 1 fully saturated rings. The van der Waals surface area contributed by atoms with Crippen LogP contribution in [0.25, 0.3) is 10.6 Å². The van der Waals surface area contributed by atoms with Gasteiger partial charge in [0, 0.05) is 25.2 Å². The largest absolute Gasteiger partial charge is 0.417 e. The zero-order valence-corrected chi connectivity index (χ0v) is 16.2. The van der Waals surface area contributed by atoms with Crippen molar-refractivity contribution in [2.24, 2.45) is 0 Å². The average Bonchev–Trinajstić information content (AvgIpc) is 3.40. The minimum Gasteiger partial charge on any atom is -0.355 e. The zero-order chi connectivity index (χ0) is 20.4. The van der Waals surface area contributed by atoms with Gasteiger partial charge in [-0.3, -0.25) is 9.89 Å². The maximum Gasteiger partial charge on any atom is 0.417 e. The van der Waals surface area contributed by atoms with E-state index < -0.39 is 17.6 Å². The molecule has 0 bridgehead atoms. The van der Waals surface area contributed by atoms with Gasteiger partial charge in [0.25, 0.3) is 5.91 Å². The van der Waals surface area contributed by atoms with Crippen LogP contribution in [0.4, 0.5) is 19.0 Å². The molecule has 0 saturated carbocycles. The van der Waals surface area contributed by atoms with Crippen molar-refractivity contribution in [3.8, 4) is 10.6 Å². The number of rotatable bonds is 4. The monoisotopic (exact) mass is 420 g/mol. The lowest BCUT2D eigenvalue weighted by Crippen LogP contribution is -2.45. The predicted molar refractivity (Wildman–Crippen MR) is 106 cm³/mol. The van der Waals surface area contributed by atoms with E-state index in [-0.39, 0.29) is 11.6 Å². The minimum atomic E-state index is -4.56. The van der Waals surface area contributed by atoms with Crippen LogP contribution in [-0.2, 0) is 6.18 Å². The van der Waals surface area contributed by atoms with Crippen molar-refractivity contribution in [3.05, 3.63) is 59.0 Å². The fourth-order valence-electron chi connectivity index (χ4n) is 3.48. The first-order chi connectivity index (χ1) is 13.9. The number of hydrogen-bond acceptors (Lipinski definition) is 4. The van der Waals surface area contributed by atoms with Gasteiger partial charge in [0.15, 0.2) is 5.82 Å². The molecule has 0 unspecified atom stereocenters. The summed E-state index contributed by atoms with van der Waals surface area (Å²) >= 11 is 1.63. The van der Waals surface area contributed by atoms with Crippen LogP contribution in [0.1, 0.15) is 28.8 Å². The lowest BCUT2D eigenvalue weighted by Gasteiger charge is -2.32. The molecule has 3 heterocycles. The molecule has 1 saturated heterocycles. The van der Waals surface area contributed by atoms with E-state index in [0.29, 0.717) is 25.9 Å². The fourth-order valence-corrected chi connectivity index (χ4v) is 4.17. The van der Waals surface area contributed by atoms with Crippen molar-refractivity contribution in [2.45, 2.75) is 25.1 Å². The lowest BCUT2D eigenvalue weighted by atomic mass is 10.0. The van der Waals surface area contributed by atoms with Crippen LogP contribution < -0.4 is 10.2 Å². The molecule has 0 spiro atoms. The molecule has 4 rings (SSSR count). The summed E-state index contributed by atoms with van der Waals surface area (Å²) in [7, 11) is 0. The third-order valence-corrected chi connectivity index (χ3v) is 5.89. The molecule has 2 N–H and O–H groups in total. The highest BCUT2D eigenvalue weighted by Gasteiger charge is 2.35. The fraction of sp³-hybridized carbons (Fsp3) is 0.300. The molecule has 152 valence electrons. The molecule has 1 amide bonds. The number of aromatic amines is 1. The van der Waals surface area contributed by atoms with Gasteiger partial charge in [0.05, 0.1) is 21.7 Å². The van der Waals surface area contributed by atoms with Crippen molar-refractivity contribution in [2.75, 3.05) is 18.0 Å². The van der Waals surface area contributed by atoms with Crippen molar-refractivity contribution in [1.82, 2.24) is 15.5 Å².